The molecule has 10 heteroatoms. The number of carbonyl (C=O) groups is 1. The Balaban J connectivity index is 1.56. The molecule has 2 heterocycles. The maximum absolute atomic E-state index is 16.3. The Morgan fingerprint density at radius 2 is 1.83 bits per heavy atom. The summed E-state index contributed by atoms with van der Waals surface area (Å²) in [4.78, 5) is 13.4. The predicted octanol–water partition coefficient (Wildman–Crippen LogP) is 5.69. The second-order valence-electron chi connectivity index (χ2n) is 10.8. The van der Waals surface area contributed by atoms with Gasteiger partial charge in [0.05, 0.1) is 30.5 Å². The quantitative estimate of drug-likeness (QED) is 0.299. The van der Waals surface area contributed by atoms with Gasteiger partial charge in [0, 0.05) is 28.7 Å². The highest BCUT2D eigenvalue weighted by molar-refractivity contribution is 5.99. The van der Waals surface area contributed by atoms with Gasteiger partial charge in [-0.25, -0.2) is 13.2 Å². The fourth-order valence-electron chi connectivity index (χ4n) is 5.27. The second kappa shape index (κ2) is 10.8. The van der Waals surface area contributed by atoms with E-state index in [1.54, 1.807) is 25.1 Å². The minimum atomic E-state index is -1.67. The first-order valence-corrected chi connectivity index (χ1v) is 13.2. The molecule has 1 amide bonds. The molecule has 0 bridgehead atoms. The number of hydrogen-bond donors (Lipinski definition) is 2. The number of halogens is 3. The number of benzene rings is 3. The average Bonchev–Trinajstić information content (AvgIpc) is 3.41. The normalized spacial score (nSPS) is 17.2. The zero-order valence-electron chi connectivity index (χ0n) is 23.1. The Morgan fingerprint density at radius 3 is 2.46 bits per heavy atom. The van der Waals surface area contributed by atoms with Crippen molar-refractivity contribution in [2.24, 2.45) is 0 Å². The number of aliphatic hydroxyl groups is 1. The van der Waals surface area contributed by atoms with Gasteiger partial charge in [-0.2, -0.15) is 5.10 Å². The molecule has 1 aliphatic heterocycles. The molecule has 1 saturated heterocycles. The highest BCUT2D eigenvalue weighted by Crippen LogP contribution is 2.43. The molecule has 1 atom stereocenters. The Kier molecular flexibility index (Phi) is 7.48. The average molecular weight is 566 g/mol. The number of aromatic nitrogens is 2. The zero-order valence-corrected chi connectivity index (χ0v) is 23.1. The van der Waals surface area contributed by atoms with Crippen molar-refractivity contribution in [1.82, 2.24) is 15.5 Å². The second-order valence-corrected chi connectivity index (χ2v) is 10.8. The Hall–Kier alpha value is -4.02. The third kappa shape index (κ3) is 5.37. The van der Waals surface area contributed by atoms with Gasteiger partial charge >= 0.3 is 0 Å². The topological polar surface area (TPSA) is 93.6 Å². The number of hydrogen-bond acceptors (Lipinski definition) is 6. The van der Waals surface area contributed by atoms with E-state index in [0.717, 1.165) is 12.1 Å². The predicted molar refractivity (Wildman–Crippen MR) is 147 cm³/mol. The molecular formula is C31H30F3N3O4. The van der Waals surface area contributed by atoms with E-state index in [1.165, 1.54) is 39.2 Å². The Labute approximate surface area is 235 Å². The molecule has 214 valence electrons. The van der Waals surface area contributed by atoms with Crippen LogP contribution in [0.25, 0.3) is 22.0 Å². The lowest BCUT2D eigenvalue weighted by Crippen LogP contribution is -2.41. The lowest BCUT2D eigenvalue weighted by Gasteiger charge is -2.32. The van der Waals surface area contributed by atoms with Crippen molar-refractivity contribution >= 4 is 16.8 Å². The van der Waals surface area contributed by atoms with Gasteiger partial charge in [0.1, 0.15) is 34.3 Å². The Bertz CT molecular complexity index is 1630. The van der Waals surface area contributed by atoms with E-state index in [4.69, 9.17) is 9.47 Å². The van der Waals surface area contributed by atoms with E-state index in [-0.39, 0.29) is 29.8 Å². The van der Waals surface area contributed by atoms with E-state index in [1.807, 2.05) is 0 Å². The molecule has 1 fully saturated rings. The smallest absolute Gasteiger partial charge is 0.251 e. The molecule has 41 heavy (non-hydrogen) atoms. The van der Waals surface area contributed by atoms with Crippen LogP contribution in [-0.2, 0) is 15.9 Å². The van der Waals surface area contributed by atoms with Crippen LogP contribution < -0.4 is 10.1 Å². The molecule has 0 aliphatic carbocycles. The summed E-state index contributed by atoms with van der Waals surface area (Å²) < 4.78 is 57.2. The van der Waals surface area contributed by atoms with E-state index in [2.05, 4.69) is 15.5 Å². The van der Waals surface area contributed by atoms with Gasteiger partial charge in [0.25, 0.3) is 5.91 Å². The minimum absolute atomic E-state index is 0.00450. The third-order valence-corrected chi connectivity index (χ3v) is 7.38. The molecule has 4 aromatic rings. The van der Waals surface area contributed by atoms with Crippen molar-refractivity contribution in [2.75, 3.05) is 20.3 Å². The summed E-state index contributed by atoms with van der Waals surface area (Å²) >= 11 is 0. The van der Waals surface area contributed by atoms with Gasteiger partial charge in [0.2, 0.25) is 0 Å². The SMILES string of the molecule is COc1cc(C(=O)NCC2(c3cc(C(C)(C)O)c(F)c(-c4ccc(F)cc4)c3F)CCCO2)cc2cc(C)nnc12. The van der Waals surface area contributed by atoms with Gasteiger partial charge in [-0.15, -0.1) is 5.10 Å². The molecule has 0 saturated carbocycles. The van der Waals surface area contributed by atoms with Crippen LogP contribution in [-0.4, -0.2) is 41.5 Å². The maximum Gasteiger partial charge on any atom is 0.251 e. The molecular weight excluding hydrogens is 535 g/mol. The van der Waals surface area contributed by atoms with E-state index < -0.39 is 40.1 Å². The van der Waals surface area contributed by atoms with Crippen LogP contribution in [0.15, 0.2) is 48.5 Å². The first kappa shape index (κ1) is 28.5. The lowest BCUT2D eigenvalue weighted by molar-refractivity contribution is -0.00192. The highest BCUT2D eigenvalue weighted by Gasteiger charge is 2.42. The molecule has 5 rings (SSSR count). The number of rotatable bonds is 7. The summed E-state index contributed by atoms with van der Waals surface area (Å²) in [5.41, 5.74) is -2.01. The van der Waals surface area contributed by atoms with Gasteiger partial charge in [-0.3, -0.25) is 4.79 Å². The first-order valence-electron chi connectivity index (χ1n) is 13.2. The molecule has 7 nitrogen and oxygen atoms in total. The van der Waals surface area contributed by atoms with Gasteiger partial charge in [-0.05, 0) is 75.6 Å². The van der Waals surface area contributed by atoms with Gasteiger partial charge < -0.3 is 19.9 Å². The van der Waals surface area contributed by atoms with E-state index in [0.29, 0.717) is 40.8 Å². The number of carbonyl (C=O) groups excluding carboxylic acids is 1. The van der Waals surface area contributed by atoms with Crippen molar-refractivity contribution in [2.45, 2.75) is 44.8 Å². The number of fused-ring (bicyclic) bond motifs is 1. The zero-order chi connectivity index (χ0) is 29.5. The van der Waals surface area contributed by atoms with Crippen molar-refractivity contribution in [3.05, 3.63) is 88.4 Å². The van der Waals surface area contributed by atoms with Crippen LogP contribution in [0, 0.1) is 24.4 Å². The molecule has 1 unspecified atom stereocenters. The molecule has 3 aromatic carbocycles. The van der Waals surface area contributed by atoms with Crippen molar-refractivity contribution in [1.29, 1.82) is 0 Å². The van der Waals surface area contributed by atoms with Crippen LogP contribution in [0.3, 0.4) is 0 Å². The van der Waals surface area contributed by atoms with Crippen LogP contribution in [0.2, 0.25) is 0 Å². The van der Waals surface area contributed by atoms with Crippen molar-refractivity contribution < 1.29 is 32.5 Å². The van der Waals surface area contributed by atoms with Crippen LogP contribution in [0.4, 0.5) is 13.2 Å². The monoisotopic (exact) mass is 565 g/mol. The number of nitrogens with one attached hydrogen (secondary N) is 1. The fraction of sp³-hybridized carbons (Fsp3) is 0.323. The highest BCUT2D eigenvalue weighted by atomic mass is 19.1. The molecule has 1 aliphatic rings. The van der Waals surface area contributed by atoms with Crippen molar-refractivity contribution in [3.63, 3.8) is 0 Å². The van der Waals surface area contributed by atoms with Crippen LogP contribution >= 0.6 is 0 Å². The minimum Gasteiger partial charge on any atom is -0.494 e. The van der Waals surface area contributed by atoms with Crippen LogP contribution in [0.1, 0.15) is 53.9 Å². The number of nitrogens with zero attached hydrogens (tertiary/aromatic N) is 2. The largest absolute Gasteiger partial charge is 0.494 e. The number of aryl methyl sites for hydroxylation is 1. The third-order valence-electron chi connectivity index (χ3n) is 7.38. The van der Waals surface area contributed by atoms with E-state index in [9.17, 15) is 14.3 Å². The standard InChI is InChI=1S/C31H30F3N3O4/c1-17-12-19-13-20(14-24(40-4)28(19)37-36-17)29(38)35-16-31(10-5-11-41-31)23-15-22(30(2,3)39)26(33)25(27(23)34)18-6-8-21(32)9-7-18/h6-9,12-15,39H,5,10-11,16H2,1-4H3,(H,35,38). The summed E-state index contributed by atoms with van der Waals surface area (Å²) in [5, 5.41) is 22.5. The summed E-state index contributed by atoms with van der Waals surface area (Å²) in [5.74, 6) is -2.50. The molecule has 0 radical (unpaired) electrons. The fourth-order valence-corrected chi connectivity index (χ4v) is 5.27. The summed E-state index contributed by atoms with van der Waals surface area (Å²) in [6.07, 6.45) is 0.901. The molecule has 1 aromatic heterocycles. The number of amides is 1. The summed E-state index contributed by atoms with van der Waals surface area (Å²) in [6, 6.07) is 11.0. The van der Waals surface area contributed by atoms with Crippen molar-refractivity contribution in [3.8, 4) is 16.9 Å². The van der Waals surface area contributed by atoms with Gasteiger partial charge in [-0.1, -0.05) is 12.1 Å². The van der Waals surface area contributed by atoms with E-state index >= 15 is 8.78 Å². The maximum atomic E-state index is 16.3. The summed E-state index contributed by atoms with van der Waals surface area (Å²) in [7, 11) is 1.47. The lowest BCUT2D eigenvalue weighted by atomic mass is 9.83. The molecule has 0 spiro atoms. The first-order chi connectivity index (χ1) is 19.4. The Morgan fingerprint density at radius 1 is 1.10 bits per heavy atom. The molecule has 2 N–H and O–H groups in total. The summed E-state index contributed by atoms with van der Waals surface area (Å²) in [6.45, 7) is 4.73. The van der Waals surface area contributed by atoms with Gasteiger partial charge in [0.15, 0.2) is 0 Å². The van der Waals surface area contributed by atoms with Crippen LogP contribution in [0.5, 0.6) is 5.75 Å². The number of methoxy groups -OCH3 is 1. The number of ether oxygens (including phenoxy) is 2.